The molecule has 1 aliphatic heterocycles. The van der Waals surface area contributed by atoms with E-state index in [2.05, 4.69) is 51.3 Å². The van der Waals surface area contributed by atoms with E-state index in [1.807, 2.05) is 24.0 Å². The zero-order valence-corrected chi connectivity index (χ0v) is 15.6. The number of aryl methyl sites for hydroxylation is 1. The molecule has 2 rings (SSSR count). The van der Waals surface area contributed by atoms with Crippen LogP contribution < -0.4 is 10.6 Å². The van der Waals surface area contributed by atoms with Gasteiger partial charge in [0.15, 0.2) is 5.96 Å². The number of aromatic nitrogens is 2. The largest absolute Gasteiger partial charge is 0.357 e. The molecule has 2 heterocycles. The molecule has 1 aliphatic rings. The van der Waals surface area contributed by atoms with Gasteiger partial charge in [-0.25, -0.2) is 4.99 Å². The van der Waals surface area contributed by atoms with Crippen molar-refractivity contribution in [2.75, 3.05) is 45.8 Å². The van der Waals surface area contributed by atoms with E-state index in [0.717, 1.165) is 44.4 Å². The van der Waals surface area contributed by atoms with Gasteiger partial charge in [0.25, 0.3) is 0 Å². The Hall–Kier alpha value is -1.60. The fraction of sp³-hybridized carbons (Fsp3) is 0.765. The zero-order chi connectivity index (χ0) is 17.4. The summed E-state index contributed by atoms with van der Waals surface area (Å²) in [5.74, 6) is 0.873. The Morgan fingerprint density at radius 2 is 2.00 bits per heavy atom. The Kier molecular flexibility index (Phi) is 7.52. The first kappa shape index (κ1) is 18.7. The van der Waals surface area contributed by atoms with Crippen LogP contribution in [-0.4, -0.2) is 77.4 Å². The highest BCUT2D eigenvalue weighted by Gasteiger charge is 2.20. The summed E-state index contributed by atoms with van der Waals surface area (Å²) in [7, 11) is 1.95. The van der Waals surface area contributed by atoms with Gasteiger partial charge in [-0.05, 0) is 26.5 Å². The van der Waals surface area contributed by atoms with Gasteiger partial charge in [0.1, 0.15) is 0 Å². The number of rotatable bonds is 7. The van der Waals surface area contributed by atoms with E-state index in [0.29, 0.717) is 12.6 Å². The SMILES string of the molecule is CCNC(=NCc1ccnn1C)NCC(C)N1CCN(CC)CC1. The first-order valence-electron chi connectivity index (χ1n) is 9.09. The number of hydrogen-bond donors (Lipinski definition) is 2. The third-order valence-corrected chi connectivity index (χ3v) is 4.71. The maximum atomic E-state index is 4.67. The molecule has 24 heavy (non-hydrogen) atoms. The summed E-state index contributed by atoms with van der Waals surface area (Å²) >= 11 is 0. The molecule has 1 fully saturated rings. The van der Waals surface area contributed by atoms with Crippen LogP contribution in [0.2, 0.25) is 0 Å². The van der Waals surface area contributed by atoms with Crippen LogP contribution in [0.1, 0.15) is 26.5 Å². The second-order valence-electron chi connectivity index (χ2n) is 6.34. The standard InChI is InChI=1S/C17H33N7/c1-5-18-17(20-14-16-7-8-21-22(16)4)19-13-15(3)24-11-9-23(6-2)10-12-24/h7-8,15H,5-6,9-14H2,1-4H3,(H2,18,19,20). The van der Waals surface area contributed by atoms with Crippen molar-refractivity contribution in [3.05, 3.63) is 18.0 Å². The Labute approximate surface area is 146 Å². The zero-order valence-electron chi connectivity index (χ0n) is 15.6. The minimum atomic E-state index is 0.504. The molecule has 136 valence electrons. The molecule has 0 aliphatic carbocycles. The van der Waals surface area contributed by atoms with Crippen molar-refractivity contribution in [1.82, 2.24) is 30.2 Å². The van der Waals surface area contributed by atoms with Crippen LogP contribution in [0.5, 0.6) is 0 Å². The van der Waals surface area contributed by atoms with Crippen LogP contribution in [0, 0.1) is 0 Å². The fourth-order valence-corrected chi connectivity index (χ4v) is 2.95. The van der Waals surface area contributed by atoms with Gasteiger partial charge >= 0.3 is 0 Å². The molecular formula is C17H33N7. The van der Waals surface area contributed by atoms with Crippen molar-refractivity contribution in [2.24, 2.45) is 12.0 Å². The molecule has 0 saturated carbocycles. The number of piperazine rings is 1. The Bertz CT molecular complexity index is 503. The first-order valence-corrected chi connectivity index (χ1v) is 9.09. The van der Waals surface area contributed by atoms with Gasteiger partial charge in [0, 0.05) is 58.6 Å². The molecule has 1 atom stereocenters. The maximum Gasteiger partial charge on any atom is 0.191 e. The Morgan fingerprint density at radius 3 is 2.58 bits per heavy atom. The van der Waals surface area contributed by atoms with E-state index >= 15 is 0 Å². The van der Waals surface area contributed by atoms with Gasteiger partial charge in [0.05, 0.1) is 12.2 Å². The van der Waals surface area contributed by atoms with E-state index < -0.39 is 0 Å². The summed E-state index contributed by atoms with van der Waals surface area (Å²) in [5, 5.41) is 11.0. The van der Waals surface area contributed by atoms with Crippen molar-refractivity contribution >= 4 is 5.96 Å². The Balaban J connectivity index is 1.81. The predicted molar refractivity (Wildman–Crippen MR) is 99.2 cm³/mol. The molecular weight excluding hydrogens is 302 g/mol. The number of nitrogens with zero attached hydrogens (tertiary/aromatic N) is 5. The smallest absolute Gasteiger partial charge is 0.191 e. The van der Waals surface area contributed by atoms with E-state index in [1.54, 1.807) is 0 Å². The molecule has 7 nitrogen and oxygen atoms in total. The van der Waals surface area contributed by atoms with Crippen molar-refractivity contribution < 1.29 is 0 Å². The second kappa shape index (κ2) is 9.64. The van der Waals surface area contributed by atoms with Crippen LogP contribution in [0.25, 0.3) is 0 Å². The number of aliphatic imine (C=N–C) groups is 1. The van der Waals surface area contributed by atoms with Gasteiger partial charge in [0.2, 0.25) is 0 Å². The van der Waals surface area contributed by atoms with Crippen LogP contribution in [0.4, 0.5) is 0 Å². The van der Waals surface area contributed by atoms with E-state index in [9.17, 15) is 0 Å². The third kappa shape index (κ3) is 5.49. The molecule has 0 aromatic carbocycles. The molecule has 0 amide bonds. The first-order chi connectivity index (χ1) is 11.6. The average Bonchev–Trinajstić information content (AvgIpc) is 3.02. The predicted octanol–water partition coefficient (Wildman–Crippen LogP) is 0.501. The molecule has 7 heteroatoms. The van der Waals surface area contributed by atoms with E-state index in [1.165, 1.54) is 13.1 Å². The van der Waals surface area contributed by atoms with Crippen LogP contribution in [0.15, 0.2) is 17.3 Å². The van der Waals surface area contributed by atoms with Gasteiger partial charge in [-0.2, -0.15) is 5.10 Å². The van der Waals surface area contributed by atoms with Crippen molar-refractivity contribution in [3.8, 4) is 0 Å². The van der Waals surface area contributed by atoms with Gasteiger partial charge < -0.3 is 15.5 Å². The lowest BCUT2D eigenvalue weighted by molar-refractivity contribution is 0.107. The lowest BCUT2D eigenvalue weighted by atomic mass is 10.2. The summed E-state index contributed by atoms with van der Waals surface area (Å²) in [4.78, 5) is 9.74. The minimum absolute atomic E-state index is 0.504. The van der Waals surface area contributed by atoms with Gasteiger partial charge in [-0.3, -0.25) is 9.58 Å². The van der Waals surface area contributed by atoms with Crippen molar-refractivity contribution in [1.29, 1.82) is 0 Å². The van der Waals surface area contributed by atoms with Crippen molar-refractivity contribution in [2.45, 2.75) is 33.4 Å². The Morgan fingerprint density at radius 1 is 1.25 bits per heavy atom. The molecule has 2 N–H and O–H groups in total. The topological polar surface area (TPSA) is 60.7 Å². The maximum absolute atomic E-state index is 4.67. The molecule has 1 saturated heterocycles. The van der Waals surface area contributed by atoms with Gasteiger partial charge in [-0.15, -0.1) is 0 Å². The van der Waals surface area contributed by atoms with E-state index in [4.69, 9.17) is 0 Å². The summed E-state index contributed by atoms with van der Waals surface area (Å²) in [6, 6.07) is 2.51. The average molecular weight is 336 g/mol. The van der Waals surface area contributed by atoms with Crippen LogP contribution >= 0.6 is 0 Å². The van der Waals surface area contributed by atoms with Crippen molar-refractivity contribution in [3.63, 3.8) is 0 Å². The molecule has 0 spiro atoms. The molecule has 1 unspecified atom stereocenters. The fourth-order valence-electron chi connectivity index (χ4n) is 2.95. The number of guanidine groups is 1. The molecule has 0 bridgehead atoms. The number of hydrogen-bond acceptors (Lipinski definition) is 4. The summed E-state index contributed by atoms with van der Waals surface area (Å²) in [5.41, 5.74) is 1.11. The third-order valence-electron chi connectivity index (χ3n) is 4.71. The summed E-state index contributed by atoms with van der Waals surface area (Å²) < 4.78 is 1.86. The molecule has 1 aromatic rings. The number of nitrogens with one attached hydrogen (secondary N) is 2. The quantitative estimate of drug-likeness (QED) is 0.561. The summed E-state index contributed by atoms with van der Waals surface area (Å²) in [6.07, 6.45) is 1.81. The van der Waals surface area contributed by atoms with Gasteiger partial charge in [-0.1, -0.05) is 6.92 Å². The van der Waals surface area contributed by atoms with Crippen LogP contribution in [-0.2, 0) is 13.6 Å². The van der Waals surface area contributed by atoms with E-state index in [-0.39, 0.29) is 0 Å². The molecule has 0 radical (unpaired) electrons. The number of likely N-dealkylation sites (N-methyl/N-ethyl adjacent to an activating group) is 1. The van der Waals surface area contributed by atoms with Crippen LogP contribution in [0.3, 0.4) is 0 Å². The molecule has 1 aromatic heterocycles. The lowest BCUT2D eigenvalue weighted by Crippen LogP contribution is -2.53. The highest BCUT2D eigenvalue weighted by atomic mass is 15.3. The summed E-state index contributed by atoms with van der Waals surface area (Å²) in [6.45, 7) is 14.8. The lowest BCUT2D eigenvalue weighted by Gasteiger charge is -2.37. The monoisotopic (exact) mass is 335 g/mol. The highest BCUT2D eigenvalue weighted by molar-refractivity contribution is 5.79. The normalized spacial score (nSPS) is 18.6. The minimum Gasteiger partial charge on any atom is -0.357 e. The highest BCUT2D eigenvalue weighted by Crippen LogP contribution is 2.05. The second-order valence-corrected chi connectivity index (χ2v) is 6.34.